The number of allylic oxidation sites excluding steroid dienone is 3. The molecule has 20 heteroatoms. The average molecular weight is 1100 g/mol. The second kappa shape index (κ2) is 23.3. The highest BCUT2D eigenvalue weighted by atomic mass is 19.1. The minimum Gasteiger partial charge on any atom is -0.486 e. The smallest absolute Gasteiger partial charge is 0.319 e. The first-order valence-electron chi connectivity index (χ1n) is 28.0. The minimum atomic E-state index is -1.40. The van der Waals surface area contributed by atoms with Gasteiger partial charge < -0.3 is 50.9 Å². The second-order valence-corrected chi connectivity index (χ2v) is 22.3. The van der Waals surface area contributed by atoms with Gasteiger partial charge in [-0.05, 0) is 90.8 Å². The first kappa shape index (κ1) is 55.0. The summed E-state index contributed by atoms with van der Waals surface area (Å²) < 4.78 is 36.6. The van der Waals surface area contributed by atoms with Crippen molar-refractivity contribution in [3.05, 3.63) is 131 Å². The number of ether oxygens (including phenoxy) is 3. The molecule has 3 aliphatic heterocycles. The Morgan fingerprint density at radius 1 is 1.07 bits per heavy atom. The summed E-state index contributed by atoms with van der Waals surface area (Å²) in [7, 11) is 1.59. The standard InChI is InChI=1S/C61H70FN13O6/c1-7-43(79-6)31-81-61-69-55-45(58(70-61)74-27-41-21-42(74)25-66-41)22-44(37-14-15-37)54(53-34(4)48(62)23-49(64)46(53)24-63)57(55)80-30-36-10-12-39(13-11-36)50-28-75(72-71-50)56(33(2)3)60(78)73-20-8-9-52(73)59(77)68-51(29-76)40-18-16-38(17-19-40)47-26-65-32-67-35(47)5/h7,10-13,16-19,22-24,26,28,32-34,37,41-43,48,51-52,56,63,66,76H,1,8-9,14-15,20-21,25,27,29-31,64H2,2-6H3,(H,68,77)/t34?,41-,42-,43-,48?,51-,52-,56-/m0/s1. The lowest BCUT2D eigenvalue weighted by atomic mass is 9.78. The number of anilines is 1. The van der Waals surface area contributed by atoms with E-state index in [1.165, 1.54) is 18.6 Å². The molecular weight excluding hydrogens is 1030 g/mol. The lowest BCUT2D eigenvalue weighted by Gasteiger charge is -2.32. The SMILES string of the molecule is C=C[C@@H](COc1nc(N2C[C@@H]3C[C@H]2CN3)c2cc(C3CC3)c(C3=C(C=N)C(N)=CC(F)C3C)c(OCc3ccc(-c4cn([C@H](C(=O)N5CCC[C@H]5C(=O)N[C@@H](CO)c5ccc(-c6cncnc6C)cc5)C(C)C)nn4)cc3)c2n1)OC. The molecule has 2 unspecified atom stereocenters. The number of aromatic nitrogens is 7. The Hall–Kier alpha value is -7.94. The van der Waals surface area contributed by atoms with Crippen LogP contribution in [0.2, 0.25) is 0 Å². The predicted molar refractivity (Wildman–Crippen MR) is 306 cm³/mol. The zero-order chi connectivity index (χ0) is 56.6. The van der Waals surface area contributed by atoms with E-state index >= 15 is 4.39 Å². The molecule has 2 amide bonds. The Labute approximate surface area is 470 Å². The summed E-state index contributed by atoms with van der Waals surface area (Å²) >= 11 is 0. The maximum atomic E-state index is 16.1. The number of carbonyl (C=O) groups is 2. The van der Waals surface area contributed by atoms with Crippen LogP contribution < -0.4 is 30.7 Å². The van der Waals surface area contributed by atoms with Crippen molar-refractivity contribution >= 4 is 40.3 Å². The molecule has 1 saturated carbocycles. The van der Waals surface area contributed by atoms with Gasteiger partial charge in [0.2, 0.25) is 11.8 Å². The zero-order valence-corrected chi connectivity index (χ0v) is 46.4. The van der Waals surface area contributed by atoms with Crippen molar-refractivity contribution < 1.29 is 33.3 Å². The summed E-state index contributed by atoms with van der Waals surface area (Å²) in [6, 6.07) is 16.0. The first-order valence-corrected chi connectivity index (χ1v) is 28.0. The third-order valence-corrected chi connectivity index (χ3v) is 16.7. The fraction of sp³-hybridized carbons (Fsp3) is 0.426. The van der Waals surface area contributed by atoms with Gasteiger partial charge in [-0.25, -0.2) is 19.0 Å². The number of methoxy groups -OCH3 is 1. The van der Waals surface area contributed by atoms with Crippen LogP contribution >= 0.6 is 0 Å². The summed E-state index contributed by atoms with van der Waals surface area (Å²) in [5, 5.41) is 35.5. The van der Waals surface area contributed by atoms with Gasteiger partial charge in [-0.15, -0.1) is 11.7 Å². The van der Waals surface area contributed by atoms with Crippen molar-refractivity contribution in [2.45, 2.75) is 115 Å². The number of hydrogen-bond acceptors (Lipinski definition) is 16. The summed E-state index contributed by atoms with van der Waals surface area (Å²) in [5.41, 5.74) is 15.4. The van der Waals surface area contributed by atoms with Crippen LogP contribution in [0.1, 0.15) is 98.8 Å². The van der Waals surface area contributed by atoms with Crippen LogP contribution in [0, 0.1) is 24.2 Å². The largest absolute Gasteiger partial charge is 0.486 e. The Bertz CT molecular complexity index is 3420. The highest BCUT2D eigenvalue weighted by molar-refractivity contribution is 6.04. The lowest BCUT2D eigenvalue weighted by molar-refractivity contribution is -0.142. The molecule has 2 aliphatic carbocycles. The van der Waals surface area contributed by atoms with Crippen molar-refractivity contribution in [2.75, 3.05) is 44.9 Å². The Balaban J connectivity index is 0.863. The second-order valence-electron chi connectivity index (χ2n) is 22.3. The Kier molecular flexibility index (Phi) is 15.8. The molecule has 0 radical (unpaired) electrons. The number of nitrogens with two attached hydrogens (primary N) is 1. The predicted octanol–water partition coefficient (Wildman–Crippen LogP) is 7.51. The monoisotopic (exact) mass is 1100 g/mol. The number of benzene rings is 3. The number of hydrogen-bond donors (Lipinski definition) is 5. The summed E-state index contributed by atoms with van der Waals surface area (Å²) in [6.07, 6.45) is 11.4. The average Bonchev–Trinajstić information content (AvgIpc) is 3.98. The first-order chi connectivity index (χ1) is 39.3. The van der Waals surface area contributed by atoms with Gasteiger partial charge in [0.1, 0.15) is 60.9 Å². The molecule has 5 aliphatic rings. The highest BCUT2D eigenvalue weighted by Gasteiger charge is 2.43. The molecule has 81 heavy (non-hydrogen) atoms. The van der Waals surface area contributed by atoms with Crippen molar-refractivity contribution in [2.24, 2.45) is 17.6 Å². The number of alkyl halides is 1. The number of piperazine rings is 1. The number of halogens is 1. The Morgan fingerprint density at radius 2 is 1.85 bits per heavy atom. The van der Waals surface area contributed by atoms with Gasteiger partial charge in [0, 0.05) is 96.2 Å². The van der Waals surface area contributed by atoms with Gasteiger partial charge in [-0.3, -0.25) is 9.59 Å². The molecule has 422 valence electrons. The normalized spacial score (nSPS) is 21.8. The van der Waals surface area contributed by atoms with E-state index in [-0.39, 0.29) is 61.2 Å². The maximum absolute atomic E-state index is 16.1. The fourth-order valence-corrected chi connectivity index (χ4v) is 12.1. The molecule has 6 N–H and O–H groups in total. The van der Waals surface area contributed by atoms with Crippen LogP contribution in [-0.2, 0) is 20.9 Å². The third kappa shape index (κ3) is 10.9. The number of carbonyl (C=O) groups excluding carboxylic acids is 2. The molecule has 11 rings (SSSR count). The van der Waals surface area contributed by atoms with Gasteiger partial charge in [0.15, 0.2) is 5.75 Å². The molecule has 6 heterocycles. The summed E-state index contributed by atoms with van der Waals surface area (Å²) in [6.45, 7) is 13.4. The number of aryl methyl sites for hydroxylation is 1. The van der Waals surface area contributed by atoms with Crippen LogP contribution in [0.5, 0.6) is 11.8 Å². The number of amides is 2. The molecule has 3 aromatic heterocycles. The van der Waals surface area contributed by atoms with Gasteiger partial charge in [0.05, 0.1) is 18.8 Å². The van der Waals surface area contributed by atoms with Crippen LogP contribution in [0.25, 0.3) is 38.9 Å². The minimum absolute atomic E-state index is 0.0921. The molecule has 2 bridgehead atoms. The molecule has 6 aromatic rings. The molecule has 4 fully saturated rings. The molecule has 8 atom stereocenters. The topological polar surface area (TPSA) is 245 Å². The molecule has 3 saturated heterocycles. The van der Waals surface area contributed by atoms with E-state index in [1.807, 2.05) is 76.2 Å². The zero-order valence-electron chi connectivity index (χ0n) is 46.4. The summed E-state index contributed by atoms with van der Waals surface area (Å²) in [4.78, 5) is 51.2. The number of aliphatic hydroxyl groups is 1. The van der Waals surface area contributed by atoms with E-state index in [2.05, 4.69) is 48.5 Å². The van der Waals surface area contributed by atoms with Crippen LogP contribution in [-0.4, -0.2) is 133 Å². The number of rotatable bonds is 21. The molecule has 3 aromatic carbocycles. The van der Waals surface area contributed by atoms with Gasteiger partial charge in [0.25, 0.3) is 0 Å². The third-order valence-electron chi connectivity index (χ3n) is 16.7. The van der Waals surface area contributed by atoms with Gasteiger partial charge in [-0.1, -0.05) is 80.6 Å². The van der Waals surface area contributed by atoms with E-state index in [4.69, 9.17) is 35.3 Å². The van der Waals surface area contributed by atoms with E-state index in [0.29, 0.717) is 59.1 Å². The van der Waals surface area contributed by atoms with Crippen molar-refractivity contribution in [1.82, 2.24) is 50.5 Å². The van der Waals surface area contributed by atoms with Crippen molar-refractivity contribution in [1.29, 1.82) is 5.41 Å². The van der Waals surface area contributed by atoms with Crippen LogP contribution in [0.4, 0.5) is 10.2 Å². The number of aliphatic hydroxyl groups excluding tert-OH is 1. The fourth-order valence-electron chi connectivity index (χ4n) is 12.1. The maximum Gasteiger partial charge on any atom is 0.319 e. The van der Waals surface area contributed by atoms with E-state index in [9.17, 15) is 14.7 Å². The van der Waals surface area contributed by atoms with Crippen molar-refractivity contribution in [3.8, 4) is 34.1 Å². The quantitative estimate of drug-likeness (QED) is 0.0346. The van der Waals surface area contributed by atoms with Gasteiger partial charge >= 0.3 is 6.01 Å². The lowest BCUT2D eigenvalue weighted by Crippen LogP contribution is -2.50. The van der Waals surface area contributed by atoms with E-state index in [1.54, 1.807) is 35.2 Å². The highest BCUT2D eigenvalue weighted by Crippen LogP contribution is 2.53. The van der Waals surface area contributed by atoms with Gasteiger partial charge in [-0.2, -0.15) is 9.97 Å². The molecular formula is C61H70FN13O6. The Morgan fingerprint density at radius 3 is 2.52 bits per heavy atom. The summed E-state index contributed by atoms with van der Waals surface area (Å²) in [5.74, 6) is -0.104. The van der Waals surface area contributed by atoms with E-state index in [0.717, 1.165) is 82.6 Å². The molecule has 0 spiro atoms. The van der Waals surface area contributed by atoms with Crippen LogP contribution in [0.3, 0.4) is 0 Å². The molecule has 19 nitrogen and oxygen atoms in total. The number of nitrogens with zero attached hydrogens (tertiary/aromatic N) is 9. The number of fused-ring (bicyclic) bond motifs is 3. The number of nitrogens with one attached hydrogen (secondary N) is 3. The number of likely N-dealkylation sites (tertiary alicyclic amines) is 1. The van der Waals surface area contributed by atoms with E-state index < -0.39 is 36.3 Å². The van der Waals surface area contributed by atoms with Crippen molar-refractivity contribution in [3.63, 3.8) is 0 Å². The van der Waals surface area contributed by atoms with Crippen LogP contribution in [0.15, 0.2) is 103 Å².